The molecule has 5 nitrogen and oxygen atoms in total. The minimum atomic E-state index is 0.144. The van der Waals surface area contributed by atoms with E-state index in [1.165, 1.54) is 4.90 Å². The van der Waals surface area contributed by atoms with E-state index in [2.05, 4.69) is 13.8 Å². The average Bonchev–Trinajstić information content (AvgIpc) is 2.62. The number of quaternary nitrogens is 1. The minimum Gasteiger partial charge on any atom is -0.497 e. The van der Waals surface area contributed by atoms with Crippen LogP contribution in [-0.4, -0.2) is 51.2 Å². The van der Waals surface area contributed by atoms with Crippen LogP contribution < -0.4 is 14.4 Å². The van der Waals surface area contributed by atoms with Crippen LogP contribution in [0.5, 0.6) is 11.5 Å². The van der Waals surface area contributed by atoms with Crippen LogP contribution in [0.2, 0.25) is 0 Å². The Bertz CT molecular complexity index is 543. The molecule has 134 valence electrons. The van der Waals surface area contributed by atoms with Crippen molar-refractivity contribution in [3.8, 4) is 11.5 Å². The lowest BCUT2D eigenvalue weighted by atomic mass is 9.96. The molecule has 0 saturated carbocycles. The van der Waals surface area contributed by atoms with Gasteiger partial charge in [0.1, 0.15) is 18.0 Å². The topological polar surface area (TPSA) is 43.2 Å². The van der Waals surface area contributed by atoms with Gasteiger partial charge in [0.2, 0.25) is 5.91 Å². The van der Waals surface area contributed by atoms with E-state index in [-0.39, 0.29) is 5.92 Å². The predicted octanol–water partition coefficient (Wildman–Crippen LogP) is 1.37. The molecule has 24 heavy (non-hydrogen) atoms. The van der Waals surface area contributed by atoms with Crippen LogP contribution >= 0.6 is 0 Å². The van der Waals surface area contributed by atoms with E-state index in [0.717, 1.165) is 62.6 Å². The maximum Gasteiger partial charge on any atom is 0.231 e. The van der Waals surface area contributed by atoms with Gasteiger partial charge in [-0.1, -0.05) is 0 Å². The van der Waals surface area contributed by atoms with Crippen LogP contribution in [0.4, 0.5) is 0 Å². The molecule has 1 heterocycles. The van der Waals surface area contributed by atoms with E-state index in [0.29, 0.717) is 5.91 Å². The van der Waals surface area contributed by atoms with Gasteiger partial charge in [-0.05, 0) is 44.9 Å². The number of amides is 1. The molecule has 1 N–H and O–H groups in total. The third-order valence-electron chi connectivity index (χ3n) is 4.97. The highest BCUT2D eigenvalue weighted by molar-refractivity contribution is 5.78. The van der Waals surface area contributed by atoms with E-state index < -0.39 is 0 Å². The number of nitrogens with one attached hydrogen (secondary N) is 1. The Balaban J connectivity index is 2.06. The Hall–Kier alpha value is -1.75. The molecule has 0 bridgehead atoms. The molecule has 0 aliphatic carbocycles. The van der Waals surface area contributed by atoms with E-state index in [4.69, 9.17) is 9.47 Å². The first-order chi connectivity index (χ1) is 11.6. The van der Waals surface area contributed by atoms with Crippen LogP contribution in [0, 0.1) is 5.92 Å². The van der Waals surface area contributed by atoms with Crippen molar-refractivity contribution in [1.82, 2.24) is 4.90 Å². The molecule has 5 heteroatoms. The van der Waals surface area contributed by atoms with Gasteiger partial charge in [0.05, 0.1) is 38.8 Å². The lowest BCUT2D eigenvalue weighted by Gasteiger charge is -2.32. The van der Waals surface area contributed by atoms with E-state index in [1.54, 1.807) is 14.2 Å². The first-order valence-electron chi connectivity index (χ1n) is 8.96. The van der Waals surface area contributed by atoms with Crippen molar-refractivity contribution in [2.75, 3.05) is 40.4 Å². The smallest absolute Gasteiger partial charge is 0.231 e. The van der Waals surface area contributed by atoms with Crippen molar-refractivity contribution in [1.29, 1.82) is 0 Å². The van der Waals surface area contributed by atoms with Crippen LogP contribution in [0.1, 0.15) is 32.3 Å². The molecular formula is C19H31N2O3+. The second kappa shape index (κ2) is 8.92. The summed E-state index contributed by atoms with van der Waals surface area (Å²) in [4.78, 5) is 16.1. The Morgan fingerprint density at radius 2 is 2.00 bits per heavy atom. The summed E-state index contributed by atoms with van der Waals surface area (Å²) in [6.45, 7) is 8.56. The van der Waals surface area contributed by atoms with Gasteiger partial charge in [-0.3, -0.25) is 4.79 Å². The number of rotatable bonds is 7. The number of hydrogen-bond acceptors (Lipinski definition) is 3. The third-order valence-corrected chi connectivity index (χ3v) is 4.97. The van der Waals surface area contributed by atoms with E-state index in [1.807, 2.05) is 23.1 Å². The minimum absolute atomic E-state index is 0.144. The van der Waals surface area contributed by atoms with Crippen LogP contribution in [0.15, 0.2) is 18.2 Å². The molecular weight excluding hydrogens is 304 g/mol. The number of likely N-dealkylation sites (tertiary alicyclic amines) is 1. The highest BCUT2D eigenvalue weighted by atomic mass is 16.5. The Kier molecular flexibility index (Phi) is 6.91. The van der Waals surface area contributed by atoms with E-state index in [9.17, 15) is 4.79 Å². The summed E-state index contributed by atoms with van der Waals surface area (Å²) in [5.74, 6) is 2.19. The number of methoxy groups -OCH3 is 2. The Labute approximate surface area is 145 Å². The maximum absolute atomic E-state index is 12.6. The molecule has 2 atom stereocenters. The first kappa shape index (κ1) is 18.6. The molecule has 1 amide bonds. The van der Waals surface area contributed by atoms with Gasteiger partial charge in [0, 0.05) is 13.1 Å². The van der Waals surface area contributed by atoms with Crippen LogP contribution in [0.25, 0.3) is 0 Å². The summed E-state index contributed by atoms with van der Waals surface area (Å²) >= 11 is 0. The summed E-state index contributed by atoms with van der Waals surface area (Å²) in [6, 6.07) is 5.92. The molecule has 1 aliphatic heterocycles. The normalized spacial score (nSPS) is 20.5. The largest absolute Gasteiger partial charge is 0.497 e. The van der Waals surface area contributed by atoms with Gasteiger partial charge in [-0.25, -0.2) is 0 Å². The summed E-state index contributed by atoms with van der Waals surface area (Å²) in [7, 11) is 3.38. The number of benzene rings is 1. The first-order valence-corrected chi connectivity index (χ1v) is 8.96. The zero-order valence-electron chi connectivity index (χ0n) is 15.4. The van der Waals surface area contributed by atoms with Crippen LogP contribution in [-0.2, 0) is 11.3 Å². The van der Waals surface area contributed by atoms with Crippen molar-refractivity contribution >= 4 is 5.91 Å². The molecule has 2 rings (SSSR count). The van der Waals surface area contributed by atoms with Gasteiger partial charge in [0.15, 0.2) is 0 Å². The molecule has 1 aromatic carbocycles. The van der Waals surface area contributed by atoms with Gasteiger partial charge in [-0.2, -0.15) is 0 Å². The zero-order chi connectivity index (χ0) is 17.5. The number of nitrogens with zero attached hydrogens (tertiary/aromatic N) is 1. The van der Waals surface area contributed by atoms with Crippen molar-refractivity contribution in [3.63, 3.8) is 0 Å². The second-order valence-electron chi connectivity index (χ2n) is 6.41. The monoisotopic (exact) mass is 335 g/mol. The number of piperidine rings is 1. The quantitative estimate of drug-likeness (QED) is 0.818. The van der Waals surface area contributed by atoms with Crippen molar-refractivity contribution < 1.29 is 19.2 Å². The summed E-state index contributed by atoms with van der Waals surface area (Å²) < 4.78 is 10.8. The van der Waals surface area contributed by atoms with Crippen LogP contribution in [0.3, 0.4) is 0 Å². The highest BCUT2D eigenvalue weighted by Crippen LogP contribution is 2.23. The third kappa shape index (κ3) is 4.41. The van der Waals surface area contributed by atoms with E-state index >= 15 is 0 Å². The molecule has 1 saturated heterocycles. The molecule has 0 aromatic heterocycles. The van der Waals surface area contributed by atoms with Crippen molar-refractivity contribution in [2.24, 2.45) is 5.92 Å². The maximum atomic E-state index is 12.6. The molecule has 1 unspecified atom stereocenters. The second-order valence-corrected chi connectivity index (χ2v) is 6.41. The Morgan fingerprint density at radius 3 is 2.62 bits per heavy atom. The SMILES string of the molecule is CCN(CC)C(=O)[C@H]1CCC[NH+](Cc2cc(OC)ccc2OC)C1. The standard InChI is InChI=1S/C19H30N2O3/c1-5-21(6-2)19(22)15-8-7-11-20(13-15)14-16-12-17(23-3)9-10-18(16)24-4/h9-10,12,15H,5-8,11,13-14H2,1-4H3/p+1/t15-/m0/s1. The summed E-state index contributed by atoms with van der Waals surface area (Å²) in [6.07, 6.45) is 2.10. The lowest BCUT2D eigenvalue weighted by Crippen LogP contribution is -3.12. The summed E-state index contributed by atoms with van der Waals surface area (Å²) in [5.41, 5.74) is 1.14. The molecule has 0 radical (unpaired) electrons. The van der Waals surface area contributed by atoms with Gasteiger partial charge in [0.25, 0.3) is 0 Å². The molecule has 1 fully saturated rings. The van der Waals surface area contributed by atoms with Gasteiger partial charge in [-0.15, -0.1) is 0 Å². The van der Waals surface area contributed by atoms with Gasteiger partial charge >= 0.3 is 0 Å². The number of ether oxygens (including phenoxy) is 2. The number of carbonyl (C=O) groups is 1. The fourth-order valence-electron chi connectivity index (χ4n) is 3.61. The van der Waals surface area contributed by atoms with Crippen molar-refractivity contribution in [3.05, 3.63) is 23.8 Å². The highest BCUT2D eigenvalue weighted by Gasteiger charge is 2.31. The summed E-state index contributed by atoms with van der Waals surface area (Å²) in [5, 5.41) is 0. The molecule has 1 aromatic rings. The number of carbonyl (C=O) groups excluding carboxylic acids is 1. The molecule has 0 spiro atoms. The lowest BCUT2D eigenvalue weighted by molar-refractivity contribution is -0.921. The Morgan fingerprint density at radius 1 is 1.25 bits per heavy atom. The van der Waals surface area contributed by atoms with Gasteiger partial charge < -0.3 is 19.3 Å². The average molecular weight is 335 g/mol. The fraction of sp³-hybridized carbons (Fsp3) is 0.632. The fourth-order valence-corrected chi connectivity index (χ4v) is 3.61. The predicted molar refractivity (Wildman–Crippen MR) is 94.6 cm³/mol. The van der Waals surface area contributed by atoms with Crippen molar-refractivity contribution in [2.45, 2.75) is 33.2 Å². The number of hydrogen-bond donors (Lipinski definition) is 1. The molecule has 1 aliphatic rings. The zero-order valence-corrected chi connectivity index (χ0v) is 15.4.